The highest BCUT2D eigenvalue weighted by Gasteiger charge is 2.27. The molecule has 1 fully saturated rings. The minimum atomic E-state index is 0.0197. The molecule has 1 amide bonds. The van der Waals surface area contributed by atoms with Gasteiger partial charge in [-0.1, -0.05) is 6.92 Å². The predicted octanol–water partition coefficient (Wildman–Crippen LogP) is 2.30. The predicted molar refractivity (Wildman–Crippen MR) is 109 cm³/mol. The van der Waals surface area contributed by atoms with E-state index in [1.54, 1.807) is 4.52 Å². The Morgan fingerprint density at radius 1 is 1.36 bits per heavy atom. The molecule has 0 aromatic carbocycles. The zero-order valence-electron chi connectivity index (χ0n) is 17.2. The van der Waals surface area contributed by atoms with E-state index in [2.05, 4.69) is 23.8 Å². The van der Waals surface area contributed by atoms with Crippen molar-refractivity contribution in [3.63, 3.8) is 0 Å². The number of nitrogens with zero attached hydrogens (tertiary/aromatic N) is 4. The molecule has 4 rings (SSSR count). The Morgan fingerprint density at radius 2 is 2.18 bits per heavy atom. The van der Waals surface area contributed by atoms with E-state index >= 15 is 0 Å². The number of likely N-dealkylation sites (tertiary alicyclic amines) is 1. The van der Waals surface area contributed by atoms with Crippen LogP contribution in [0.5, 0.6) is 0 Å². The number of carbonyl (C=O) groups excluding carboxylic acids is 1. The van der Waals surface area contributed by atoms with Gasteiger partial charge < -0.3 is 4.90 Å². The molecule has 1 N–H and O–H groups in total. The van der Waals surface area contributed by atoms with Crippen molar-refractivity contribution in [3.05, 3.63) is 33.4 Å². The SMILES string of the molecule is CCCC(=O)N1CCC[C@H](c2cc3nc4c(c(=O)n3[nH]2)CN(C(C)C)CC4)C1. The highest BCUT2D eigenvalue weighted by Crippen LogP contribution is 2.27. The van der Waals surface area contributed by atoms with Crippen LogP contribution in [0.4, 0.5) is 0 Å². The van der Waals surface area contributed by atoms with Crippen LogP contribution in [0.15, 0.2) is 10.9 Å². The van der Waals surface area contributed by atoms with Crippen LogP contribution in [-0.2, 0) is 17.8 Å². The zero-order valence-corrected chi connectivity index (χ0v) is 17.2. The molecule has 0 spiro atoms. The second-order valence-electron chi connectivity index (χ2n) is 8.49. The highest BCUT2D eigenvalue weighted by molar-refractivity contribution is 5.76. The van der Waals surface area contributed by atoms with Gasteiger partial charge in [-0.25, -0.2) is 9.50 Å². The number of fused-ring (bicyclic) bond motifs is 2. The molecular weight excluding hydrogens is 354 g/mol. The molecule has 0 aliphatic carbocycles. The Kier molecular flexibility index (Phi) is 5.27. The van der Waals surface area contributed by atoms with Gasteiger partial charge in [0.25, 0.3) is 5.56 Å². The normalized spacial score (nSPS) is 20.7. The number of hydrogen-bond acceptors (Lipinski definition) is 4. The monoisotopic (exact) mass is 385 g/mol. The quantitative estimate of drug-likeness (QED) is 0.876. The summed E-state index contributed by atoms with van der Waals surface area (Å²) in [5.74, 6) is 0.475. The highest BCUT2D eigenvalue weighted by atomic mass is 16.2. The van der Waals surface area contributed by atoms with Gasteiger partial charge in [-0.05, 0) is 33.1 Å². The third-order valence-corrected chi connectivity index (χ3v) is 6.22. The number of piperidine rings is 1. The number of carbonyl (C=O) groups is 1. The third-order valence-electron chi connectivity index (χ3n) is 6.22. The summed E-state index contributed by atoms with van der Waals surface area (Å²) in [7, 11) is 0. The average Bonchev–Trinajstić information content (AvgIpc) is 3.12. The van der Waals surface area contributed by atoms with Crippen molar-refractivity contribution in [1.29, 1.82) is 0 Å². The minimum Gasteiger partial charge on any atom is -0.342 e. The molecular formula is C21H31N5O2. The van der Waals surface area contributed by atoms with Gasteiger partial charge in [0, 0.05) is 62.7 Å². The number of aromatic nitrogens is 3. The number of H-pyrrole nitrogens is 1. The first kappa shape index (κ1) is 19.2. The molecule has 28 heavy (non-hydrogen) atoms. The van der Waals surface area contributed by atoms with Crippen LogP contribution in [0.25, 0.3) is 5.65 Å². The van der Waals surface area contributed by atoms with E-state index < -0.39 is 0 Å². The van der Waals surface area contributed by atoms with Gasteiger partial charge in [-0.3, -0.25) is 19.6 Å². The van der Waals surface area contributed by atoms with Gasteiger partial charge in [0.05, 0.1) is 11.3 Å². The third kappa shape index (κ3) is 3.48. The fourth-order valence-corrected chi connectivity index (χ4v) is 4.50. The van der Waals surface area contributed by atoms with Gasteiger partial charge in [0.2, 0.25) is 5.91 Å². The molecule has 7 heteroatoms. The summed E-state index contributed by atoms with van der Waals surface area (Å²) in [6.45, 7) is 9.54. The van der Waals surface area contributed by atoms with E-state index in [0.717, 1.165) is 62.3 Å². The minimum absolute atomic E-state index is 0.0197. The van der Waals surface area contributed by atoms with E-state index in [1.807, 2.05) is 17.9 Å². The fraction of sp³-hybridized carbons (Fsp3) is 0.667. The zero-order chi connectivity index (χ0) is 19.8. The largest absolute Gasteiger partial charge is 0.342 e. The molecule has 0 saturated carbocycles. The Balaban J connectivity index is 1.63. The van der Waals surface area contributed by atoms with Crippen LogP contribution in [0.2, 0.25) is 0 Å². The lowest BCUT2D eigenvalue weighted by Crippen LogP contribution is -2.40. The summed E-state index contributed by atoms with van der Waals surface area (Å²) in [5.41, 5.74) is 3.49. The molecule has 1 atom stereocenters. The van der Waals surface area contributed by atoms with Crippen molar-refractivity contribution in [2.45, 2.75) is 71.4 Å². The molecule has 2 aromatic heterocycles. The second kappa shape index (κ2) is 7.70. The maximum absolute atomic E-state index is 13.1. The lowest BCUT2D eigenvalue weighted by molar-refractivity contribution is -0.132. The van der Waals surface area contributed by atoms with Crippen molar-refractivity contribution < 1.29 is 4.79 Å². The van der Waals surface area contributed by atoms with Crippen molar-refractivity contribution in [2.75, 3.05) is 19.6 Å². The van der Waals surface area contributed by atoms with E-state index in [1.165, 1.54) is 0 Å². The first-order valence-corrected chi connectivity index (χ1v) is 10.6. The summed E-state index contributed by atoms with van der Waals surface area (Å²) in [4.78, 5) is 34.5. The Bertz CT molecular complexity index is 929. The number of aromatic amines is 1. The Hall–Kier alpha value is -2.15. The van der Waals surface area contributed by atoms with Crippen LogP contribution in [-0.4, -0.2) is 56.0 Å². The van der Waals surface area contributed by atoms with Crippen LogP contribution in [0.3, 0.4) is 0 Å². The van der Waals surface area contributed by atoms with Gasteiger partial charge >= 0.3 is 0 Å². The smallest absolute Gasteiger partial charge is 0.277 e. The molecule has 2 aliphatic heterocycles. The van der Waals surface area contributed by atoms with Gasteiger partial charge in [-0.2, -0.15) is 0 Å². The molecule has 7 nitrogen and oxygen atoms in total. The van der Waals surface area contributed by atoms with Crippen LogP contribution < -0.4 is 5.56 Å². The fourth-order valence-electron chi connectivity index (χ4n) is 4.50. The molecule has 0 radical (unpaired) electrons. The maximum atomic E-state index is 13.1. The first-order chi connectivity index (χ1) is 13.5. The van der Waals surface area contributed by atoms with Gasteiger partial charge in [0.15, 0.2) is 5.65 Å². The van der Waals surface area contributed by atoms with E-state index in [-0.39, 0.29) is 17.4 Å². The summed E-state index contributed by atoms with van der Waals surface area (Å²) < 4.78 is 1.60. The number of nitrogens with one attached hydrogen (secondary N) is 1. The molecule has 4 heterocycles. The summed E-state index contributed by atoms with van der Waals surface area (Å²) in [5, 5.41) is 3.30. The van der Waals surface area contributed by atoms with Crippen molar-refractivity contribution >= 4 is 11.6 Å². The van der Waals surface area contributed by atoms with Crippen molar-refractivity contribution in [3.8, 4) is 0 Å². The molecule has 0 unspecified atom stereocenters. The first-order valence-electron chi connectivity index (χ1n) is 10.6. The van der Waals surface area contributed by atoms with Crippen LogP contribution >= 0.6 is 0 Å². The summed E-state index contributed by atoms with van der Waals surface area (Å²) >= 11 is 0. The molecule has 152 valence electrons. The molecule has 2 aliphatic rings. The standard InChI is InChI=1S/C21H31N5O2/c1-4-6-20(27)25-9-5-7-15(12-25)18-11-19-22-17-8-10-24(14(2)3)13-16(17)21(28)26(19)23-18/h11,14-15,23H,4-10,12-13H2,1-3H3/t15-/m0/s1. The van der Waals surface area contributed by atoms with Gasteiger partial charge in [0.1, 0.15) is 0 Å². The molecule has 2 aromatic rings. The van der Waals surface area contributed by atoms with E-state index in [4.69, 9.17) is 4.98 Å². The molecule has 0 bridgehead atoms. The van der Waals surface area contributed by atoms with Crippen molar-refractivity contribution in [2.24, 2.45) is 0 Å². The van der Waals surface area contributed by atoms with E-state index in [9.17, 15) is 9.59 Å². The summed E-state index contributed by atoms with van der Waals surface area (Å²) in [6.07, 6.45) is 4.34. The Labute approximate surface area is 165 Å². The maximum Gasteiger partial charge on any atom is 0.277 e. The summed E-state index contributed by atoms with van der Waals surface area (Å²) in [6, 6.07) is 2.43. The number of hydrogen-bond donors (Lipinski definition) is 1. The van der Waals surface area contributed by atoms with Crippen LogP contribution in [0.1, 0.15) is 69.3 Å². The number of amides is 1. The lowest BCUT2D eigenvalue weighted by atomic mass is 9.94. The van der Waals surface area contributed by atoms with Gasteiger partial charge in [-0.15, -0.1) is 0 Å². The van der Waals surface area contributed by atoms with E-state index in [0.29, 0.717) is 24.7 Å². The average molecular weight is 386 g/mol. The topological polar surface area (TPSA) is 73.7 Å². The van der Waals surface area contributed by atoms with Crippen LogP contribution in [0, 0.1) is 0 Å². The second-order valence-corrected chi connectivity index (χ2v) is 8.49. The molecule has 1 saturated heterocycles. The number of rotatable bonds is 4. The lowest BCUT2D eigenvalue weighted by Gasteiger charge is -2.32. The van der Waals surface area contributed by atoms with Crippen molar-refractivity contribution in [1.82, 2.24) is 24.4 Å². The Morgan fingerprint density at radius 3 is 2.93 bits per heavy atom.